The number of esters is 1. The van der Waals surface area contributed by atoms with E-state index < -0.39 is 0 Å². The fourth-order valence-electron chi connectivity index (χ4n) is 2.02. The van der Waals surface area contributed by atoms with Crippen molar-refractivity contribution in [1.82, 2.24) is 0 Å². The van der Waals surface area contributed by atoms with E-state index in [1.807, 2.05) is 0 Å². The van der Waals surface area contributed by atoms with Crippen molar-refractivity contribution in [3.8, 4) is 0 Å². The fourth-order valence-corrected chi connectivity index (χ4v) is 2.84. The summed E-state index contributed by atoms with van der Waals surface area (Å²) in [6.07, 6.45) is 6.56. The molecule has 25 heavy (non-hydrogen) atoms. The number of ether oxygens (including phenoxy) is 4. The van der Waals surface area contributed by atoms with E-state index in [-0.39, 0.29) is 5.97 Å². The van der Waals surface area contributed by atoms with Gasteiger partial charge in [-0.05, 0) is 31.4 Å². The molecule has 0 saturated heterocycles. The van der Waals surface area contributed by atoms with Gasteiger partial charge in [-0.2, -0.15) is 25.3 Å². The summed E-state index contributed by atoms with van der Waals surface area (Å²) >= 11 is 8.65. The highest BCUT2D eigenvalue weighted by Crippen LogP contribution is 2.12. The van der Waals surface area contributed by atoms with Crippen LogP contribution in [0.1, 0.15) is 51.9 Å². The molecule has 0 radical (unpaired) electrons. The second kappa shape index (κ2) is 20.4. The van der Waals surface area contributed by atoms with Gasteiger partial charge < -0.3 is 18.9 Å². The van der Waals surface area contributed by atoms with Crippen molar-refractivity contribution in [3.05, 3.63) is 0 Å². The van der Waals surface area contributed by atoms with E-state index in [1.165, 1.54) is 0 Å². The molecule has 0 heterocycles. The van der Waals surface area contributed by atoms with Crippen LogP contribution in [0, 0.1) is 0 Å². The number of unbranched alkanes of at least 4 members (excludes halogenated alkanes) is 2. The normalized spacial score (nSPS) is 12.3. The van der Waals surface area contributed by atoms with E-state index in [0.29, 0.717) is 51.3 Å². The smallest absolute Gasteiger partial charge is 0.305 e. The lowest BCUT2D eigenvalue weighted by molar-refractivity contribution is -0.145. The van der Waals surface area contributed by atoms with Crippen LogP contribution in [0.5, 0.6) is 0 Å². The Morgan fingerprint density at radius 1 is 0.840 bits per heavy atom. The van der Waals surface area contributed by atoms with Gasteiger partial charge >= 0.3 is 5.97 Å². The van der Waals surface area contributed by atoms with E-state index in [1.54, 1.807) is 0 Å². The first-order chi connectivity index (χ1) is 12.2. The lowest BCUT2D eigenvalue weighted by Gasteiger charge is -2.09. The predicted molar refractivity (Wildman–Crippen MR) is 108 cm³/mol. The molecule has 0 fully saturated rings. The van der Waals surface area contributed by atoms with Crippen LogP contribution < -0.4 is 0 Å². The van der Waals surface area contributed by atoms with E-state index in [0.717, 1.165) is 50.9 Å². The van der Waals surface area contributed by atoms with Gasteiger partial charge in [0.15, 0.2) is 0 Å². The molecular weight excluding hydrogens is 360 g/mol. The molecule has 0 rings (SSSR count). The third kappa shape index (κ3) is 20.2. The van der Waals surface area contributed by atoms with Gasteiger partial charge in [-0.15, -0.1) is 0 Å². The highest BCUT2D eigenvalue weighted by molar-refractivity contribution is 7.81. The van der Waals surface area contributed by atoms with Gasteiger partial charge in [-0.1, -0.05) is 19.8 Å². The van der Waals surface area contributed by atoms with Crippen molar-refractivity contribution in [1.29, 1.82) is 0 Å². The molecule has 0 spiro atoms. The molecule has 0 aliphatic heterocycles. The average molecular weight is 397 g/mol. The largest absolute Gasteiger partial charge is 0.463 e. The van der Waals surface area contributed by atoms with Crippen molar-refractivity contribution >= 4 is 31.2 Å². The summed E-state index contributed by atoms with van der Waals surface area (Å²) < 4.78 is 21.2. The Balaban J connectivity index is 3.19. The van der Waals surface area contributed by atoms with Crippen molar-refractivity contribution in [3.63, 3.8) is 0 Å². The summed E-state index contributed by atoms with van der Waals surface area (Å²) in [6.45, 7) is 5.88. The molecule has 7 heteroatoms. The Morgan fingerprint density at radius 2 is 1.44 bits per heavy atom. The topological polar surface area (TPSA) is 54.0 Å². The minimum absolute atomic E-state index is 0.158. The third-order valence-electron chi connectivity index (χ3n) is 3.51. The summed E-state index contributed by atoms with van der Waals surface area (Å²) in [5.74, 6) is 0.697. The first-order valence-electron chi connectivity index (χ1n) is 9.38. The Kier molecular flexibility index (Phi) is 20.4. The Morgan fingerprint density at radius 3 is 2.04 bits per heavy atom. The molecule has 1 atom stereocenters. The lowest BCUT2D eigenvalue weighted by atomic mass is 10.1. The molecule has 0 aromatic heterocycles. The van der Waals surface area contributed by atoms with Crippen molar-refractivity contribution in [2.75, 3.05) is 52.0 Å². The summed E-state index contributed by atoms with van der Waals surface area (Å²) in [6, 6.07) is 0. The summed E-state index contributed by atoms with van der Waals surface area (Å²) in [7, 11) is 0. The molecule has 5 nitrogen and oxygen atoms in total. The number of carbonyl (C=O) groups excluding carboxylic acids is 1. The second-order valence-electron chi connectivity index (χ2n) is 5.82. The van der Waals surface area contributed by atoms with Crippen molar-refractivity contribution in [2.45, 2.75) is 57.1 Å². The maximum Gasteiger partial charge on any atom is 0.305 e. The number of hydrogen-bond donors (Lipinski definition) is 2. The van der Waals surface area contributed by atoms with Crippen LogP contribution in [-0.2, 0) is 23.7 Å². The lowest BCUT2D eigenvalue weighted by Crippen LogP contribution is -2.14. The van der Waals surface area contributed by atoms with Gasteiger partial charge in [-0.25, -0.2) is 0 Å². The van der Waals surface area contributed by atoms with Gasteiger partial charge in [-0.3, -0.25) is 4.79 Å². The van der Waals surface area contributed by atoms with Gasteiger partial charge in [0.2, 0.25) is 0 Å². The third-order valence-corrected chi connectivity index (χ3v) is 4.28. The van der Waals surface area contributed by atoms with Gasteiger partial charge in [0, 0.05) is 18.3 Å². The zero-order valence-corrected chi connectivity index (χ0v) is 17.4. The summed E-state index contributed by atoms with van der Waals surface area (Å²) in [5, 5.41) is 0.382. The first kappa shape index (κ1) is 25.1. The van der Waals surface area contributed by atoms with E-state index in [9.17, 15) is 4.79 Å². The van der Waals surface area contributed by atoms with E-state index in [4.69, 9.17) is 18.9 Å². The van der Waals surface area contributed by atoms with Crippen LogP contribution in [-0.4, -0.2) is 63.2 Å². The SMILES string of the molecule is CCCCOCCOCCOCCOC(=O)CCCCC(S)CCS. The summed E-state index contributed by atoms with van der Waals surface area (Å²) in [4.78, 5) is 11.5. The molecule has 0 N–H and O–H groups in total. The molecule has 150 valence electrons. The molecule has 0 amide bonds. The first-order valence-corrected chi connectivity index (χ1v) is 10.5. The van der Waals surface area contributed by atoms with Gasteiger partial charge in [0.1, 0.15) is 6.61 Å². The number of rotatable bonds is 19. The van der Waals surface area contributed by atoms with Gasteiger partial charge in [0.25, 0.3) is 0 Å². The number of hydrogen-bond acceptors (Lipinski definition) is 7. The highest BCUT2D eigenvalue weighted by atomic mass is 32.1. The van der Waals surface area contributed by atoms with Crippen LogP contribution in [0.15, 0.2) is 0 Å². The van der Waals surface area contributed by atoms with Crippen LogP contribution in [0.25, 0.3) is 0 Å². The highest BCUT2D eigenvalue weighted by Gasteiger charge is 2.05. The minimum Gasteiger partial charge on any atom is -0.463 e. The predicted octanol–water partition coefficient (Wildman–Crippen LogP) is 3.56. The Labute approximate surface area is 164 Å². The number of carbonyl (C=O) groups is 1. The maximum atomic E-state index is 11.5. The van der Waals surface area contributed by atoms with Crippen molar-refractivity contribution in [2.24, 2.45) is 0 Å². The zero-order valence-electron chi connectivity index (χ0n) is 15.6. The quantitative estimate of drug-likeness (QED) is 0.199. The molecule has 0 bridgehead atoms. The van der Waals surface area contributed by atoms with Gasteiger partial charge in [0.05, 0.1) is 33.0 Å². The van der Waals surface area contributed by atoms with Crippen molar-refractivity contribution < 1.29 is 23.7 Å². The monoisotopic (exact) mass is 396 g/mol. The number of thiol groups is 2. The Bertz CT molecular complexity index is 293. The van der Waals surface area contributed by atoms with Crippen LogP contribution >= 0.6 is 25.3 Å². The molecule has 0 aromatic carbocycles. The van der Waals surface area contributed by atoms with E-state index in [2.05, 4.69) is 32.2 Å². The molecular formula is C18H36O5S2. The maximum absolute atomic E-state index is 11.5. The average Bonchev–Trinajstić information content (AvgIpc) is 2.60. The molecule has 0 aliphatic rings. The van der Waals surface area contributed by atoms with E-state index >= 15 is 0 Å². The fraction of sp³-hybridized carbons (Fsp3) is 0.944. The molecule has 0 saturated carbocycles. The molecule has 1 unspecified atom stereocenters. The standard InChI is InChI=1S/C18H36O5S2/c1-2-3-9-20-10-11-21-12-13-22-14-15-23-18(19)7-5-4-6-17(25)8-16-24/h17,24-25H,2-16H2,1H3. The molecule has 0 aromatic rings. The molecule has 0 aliphatic carbocycles. The Hall–Kier alpha value is 0.0500. The van der Waals surface area contributed by atoms with Crippen LogP contribution in [0.4, 0.5) is 0 Å². The zero-order chi connectivity index (χ0) is 18.6. The van der Waals surface area contributed by atoms with Crippen LogP contribution in [0.3, 0.4) is 0 Å². The minimum atomic E-state index is -0.158. The summed E-state index contributed by atoms with van der Waals surface area (Å²) in [5.41, 5.74) is 0. The second-order valence-corrected chi connectivity index (χ2v) is 7.00. The van der Waals surface area contributed by atoms with Crippen LogP contribution in [0.2, 0.25) is 0 Å².